The van der Waals surface area contributed by atoms with Crippen molar-refractivity contribution < 1.29 is 0 Å². The minimum atomic E-state index is 0.207. The van der Waals surface area contributed by atoms with Crippen molar-refractivity contribution in [1.82, 2.24) is 5.32 Å². The Balaban J connectivity index is 1.89. The van der Waals surface area contributed by atoms with E-state index in [-0.39, 0.29) is 5.41 Å². The SMILES string of the molecule is Cc1ccc(CNC(C)CC(C)(C)c2ccccc2)s1. The second-order valence-electron chi connectivity index (χ2n) is 6.25. The van der Waals surface area contributed by atoms with E-state index in [0.717, 1.165) is 13.0 Å². The molecule has 1 atom stereocenters. The fraction of sp³-hybridized carbons (Fsp3) is 0.444. The summed E-state index contributed by atoms with van der Waals surface area (Å²) in [4.78, 5) is 2.81. The highest BCUT2D eigenvalue weighted by atomic mass is 32.1. The molecule has 1 aromatic carbocycles. The molecule has 20 heavy (non-hydrogen) atoms. The molecule has 2 aromatic rings. The van der Waals surface area contributed by atoms with Crippen molar-refractivity contribution in [1.29, 1.82) is 0 Å². The van der Waals surface area contributed by atoms with Crippen LogP contribution < -0.4 is 5.32 Å². The Morgan fingerprint density at radius 2 is 1.80 bits per heavy atom. The van der Waals surface area contributed by atoms with Crippen LogP contribution in [0.15, 0.2) is 42.5 Å². The summed E-state index contributed by atoms with van der Waals surface area (Å²) in [5.74, 6) is 0. The van der Waals surface area contributed by atoms with Gasteiger partial charge < -0.3 is 5.32 Å². The lowest BCUT2D eigenvalue weighted by atomic mass is 9.79. The molecular formula is C18H25NS. The van der Waals surface area contributed by atoms with Crippen molar-refractivity contribution in [3.8, 4) is 0 Å². The normalized spacial score (nSPS) is 13.4. The lowest BCUT2D eigenvalue weighted by Crippen LogP contribution is -2.32. The van der Waals surface area contributed by atoms with Crippen LogP contribution in [0.25, 0.3) is 0 Å². The van der Waals surface area contributed by atoms with E-state index in [2.05, 4.69) is 75.5 Å². The van der Waals surface area contributed by atoms with Crippen molar-refractivity contribution in [2.24, 2.45) is 0 Å². The topological polar surface area (TPSA) is 12.0 Å². The summed E-state index contributed by atoms with van der Waals surface area (Å²) in [5, 5.41) is 3.65. The van der Waals surface area contributed by atoms with Gasteiger partial charge in [0, 0.05) is 22.3 Å². The maximum absolute atomic E-state index is 3.65. The molecule has 2 rings (SSSR count). The zero-order valence-electron chi connectivity index (χ0n) is 12.9. The first-order valence-corrected chi connectivity index (χ1v) is 8.13. The van der Waals surface area contributed by atoms with E-state index in [1.807, 2.05) is 11.3 Å². The molecule has 108 valence electrons. The van der Waals surface area contributed by atoms with Crippen molar-refractivity contribution >= 4 is 11.3 Å². The number of aryl methyl sites for hydroxylation is 1. The molecule has 0 amide bonds. The van der Waals surface area contributed by atoms with Crippen LogP contribution in [0.2, 0.25) is 0 Å². The van der Waals surface area contributed by atoms with Crippen LogP contribution in [0.4, 0.5) is 0 Å². The van der Waals surface area contributed by atoms with E-state index in [4.69, 9.17) is 0 Å². The maximum atomic E-state index is 3.65. The smallest absolute Gasteiger partial charge is 0.0302 e. The van der Waals surface area contributed by atoms with E-state index in [0.29, 0.717) is 6.04 Å². The molecule has 0 aliphatic heterocycles. The van der Waals surface area contributed by atoms with Gasteiger partial charge in [0.2, 0.25) is 0 Å². The lowest BCUT2D eigenvalue weighted by Gasteiger charge is -2.29. The molecule has 1 unspecified atom stereocenters. The Kier molecular flexibility index (Phi) is 5.00. The fourth-order valence-electron chi connectivity index (χ4n) is 2.70. The number of hydrogen-bond acceptors (Lipinski definition) is 2. The fourth-order valence-corrected chi connectivity index (χ4v) is 3.54. The van der Waals surface area contributed by atoms with Gasteiger partial charge >= 0.3 is 0 Å². The summed E-state index contributed by atoms with van der Waals surface area (Å²) in [6, 6.07) is 15.7. The van der Waals surface area contributed by atoms with Gasteiger partial charge in [0.05, 0.1) is 0 Å². The summed E-state index contributed by atoms with van der Waals surface area (Å²) in [7, 11) is 0. The van der Waals surface area contributed by atoms with Crippen LogP contribution >= 0.6 is 11.3 Å². The van der Waals surface area contributed by atoms with Crippen LogP contribution in [0.3, 0.4) is 0 Å². The van der Waals surface area contributed by atoms with Crippen LogP contribution in [0, 0.1) is 6.92 Å². The van der Waals surface area contributed by atoms with Gasteiger partial charge in [-0.2, -0.15) is 0 Å². The minimum absolute atomic E-state index is 0.207. The van der Waals surface area contributed by atoms with Crippen LogP contribution in [0.5, 0.6) is 0 Å². The van der Waals surface area contributed by atoms with Crippen molar-refractivity contribution in [2.75, 3.05) is 0 Å². The van der Waals surface area contributed by atoms with Gasteiger partial charge in [-0.25, -0.2) is 0 Å². The Morgan fingerprint density at radius 1 is 1.10 bits per heavy atom. The molecule has 0 aliphatic carbocycles. The van der Waals surface area contributed by atoms with Crippen LogP contribution in [-0.4, -0.2) is 6.04 Å². The third kappa shape index (κ3) is 4.19. The van der Waals surface area contributed by atoms with E-state index >= 15 is 0 Å². The molecule has 1 nitrogen and oxygen atoms in total. The lowest BCUT2D eigenvalue weighted by molar-refractivity contribution is 0.389. The van der Waals surface area contributed by atoms with E-state index in [1.165, 1.54) is 15.3 Å². The third-order valence-corrected chi connectivity index (χ3v) is 4.79. The van der Waals surface area contributed by atoms with Crippen LogP contribution in [0.1, 0.15) is 42.5 Å². The molecular weight excluding hydrogens is 262 g/mol. The standard InChI is InChI=1S/C18H25NS/c1-14(19-13-17-11-10-15(2)20-17)12-18(3,4)16-8-6-5-7-9-16/h5-11,14,19H,12-13H2,1-4H3. The highest BCUT2D eigenvalue weighted by Gasteiger charge is 2.22. The molecule has 0 radical (unpaired) electrons. The second-order valence-corrected chi connectivity index (χ2v) is 7.62. The molecule has 0 bridgehead atoms. The molecule has 1 heterocycles. The van der Waals surface area contributed by atoms with Gasteiger partial charge in [-0.15, -0.1) is 11.3 Å². The monoisotopic (exact) mass is 287 g/mol. The van der Waals surface area contributed by atoms with Gasteiger partial charge in [0.25, 0.3) is 0 Å². The van der Waals surface area contributed by atoms with Crippen molar-refractivity contribution in [3.63, 3.8) is 0 Å². The summed E-state index contributed by atoms with van der Waals surface area (Å²) < 4.78 is 0. The average molecular weight is 287 g/mol. The first-order valence-electron chi connectivity index (χ1n) is 7.31. The Hall–Kier alpha value is -1.12. The zero-order chi connectivity index (χ0) is 14.6. The van der Waals surface area contributed by atoms with E-state index in [1.54, 1.807) is 0 Å². The molecule has 0 spiro atoms. The number of benzene rings is 1. The molecule has 1 aromatic heterocycles. The van der Waals surface area contributed by atoms with E-state index < -0.39 is 0 Å². The second kappa shape index (κ2) is 6.55. The van der Waals surface area contributed by atoms with Gasteiger partial charge in [-0.3, -0.25) is 0 Å². The third-order valence-electron chi connectivity index (χ3n) is 3.79. The van der Waals surface area contributed by atoms with Crippen molar-refractivity contribution in [3.05, 3.63) is 57.8 Å². The molecule has 0 aliphatic rings. The summed E-state index contributed by atoms with van der Waals surface area (Å²) in [5.41, 5.74) is 1.62. The summed E-state index contributed by atoms with van der Waals surface area (Å²) in [6.07, 6.45) is 1.14. The van der Waals surface area contributed by atoms with Gasteiger partial charge in [-0.05, 0) is 43.4 Å². The van der Waals surface area contributed by atoms with Crippen LogP contribution in [-0.2, 0) is 12.0 Å². The average Bonchev–Trinajstić information content (AvgIpc) is 2.83. The van der Waals surface area contributed by atoms with Crippen molar-refractivity contribution in [2.45, 2.75) is 52.1 Å². The van der Waals surface area contributed by atoms with Gasteiger partial charge in [0.1, 0.15) is 0 Å². The van der Waals surface area contributed by atoms with Gasteiger partial charge in [0.15, 0.2) is 0 Å². The van der Waals surface area contributed by atoms with Gasteiger partial charge in [-0.1, -0.05) is 44.2 Å². The number of thiophene rings is 1. The summed E-state index contributed by atoms with van der Waals surface area (Å²) >= 11 is 1.88. The number of nitrogens with one attached hydrogen (secondary N) is 1. The molecule has 0 fully saturated rings. The van der Waals surface area contributed by atoms with E-state index in [9.17, 15) is 0 Å². The minimum Gasteiger partial charge on any atom is -0.309 e. The number of rotatable bonds is 6. The molecule has 1 N–H and O–H groups in total. The quantitative estimate of drug-likeness (QED) is 0.796. The first-order chi connectivity index (χ1) is 9.47. The maximum Gasteiger partial charge on any atom is 0.0302 e. The number of hydrogen-bond donors (Lipinski definition) is 1. The highest BCUT2D eigenvalue weighted by molar-refractivity contribution is 7.11. The Morgan fingerprint density at radius 3 is 2.40 bits per heavy atom. The summed E-state index contributed by atoms with van der Waals surface area (Å²) in [6.45, 7) is 10.1. The Bertz CT molecular complexity index is 527. The largest absolute Gasteiger partial charge is 0.309 e. The molecule has 0 saturated heterocycles. The molecule has 0 saturated carbocycles. The predicted octanol–water partition coefficient (Wildman–Crippen LogP) is 4.90. The zero-order valence-corrected chi connectivity index (χ0v) is 13.8. The predicted molar refractivity (Wildman–Crippen MR) is 89.4 cm³/mol. The first kappa shape index (κ1) is 15.3. The Labute approximate surface area is 127 Å². The highest BCUT2D eigenvalue weighted by Crippen LogP contribution is 2.28. The molecule has 2 heteroatoms.